The van der Waals surface area contributed by atoms with Crippen molar-refractivity contribution in [2.75, 3.05) is 13.2 Å². The molecule has 2 aromatic rings. The summed E-state index contributed by atoms with van der Waals surface area (Å²) >= 11 is 12.5. The average Bonchev–Trinajstić information content (AvgIpc) is 3.28. The van der Waals surface area contributed by atoms with Gasteiger partial charge < -0.3 is 14.6 Å². The van der Waals surface area contributed by atoms with E-state index < -0.39 is 5.91 Å². The molecule has 1 atom stereocenters. The molecule has 3 rings (SSSR count). The van der Waals surface area contributed by atoms with Crippen LogP contribution in [0.4, 0.5) is 0 Å². The van der Waals surface area contributed by atoms with E-state index in [4.69, 9.17) is 27.9 Å². The average molecular weight is 418 g/mol. The van der Waals surface area contributed by atoms with Gasteiger partial charge in [0.1, 0.15) is 11.6 Å². The number of nitrogens with zero attached hydrogens (tertiary/aromatic N) is 2. The quantitative estimate of drug-likeness (QED) is 0.570. The molecule has 0 bridgehead atoms. The Bertz CT molecular complexity index is 967. The van der Waals surface area contributed by atoms with E-state index in [0.29, 0.717) is 16.6 Å². The molecular weight excluding hydrogens is 397 g/mol. The first-order valence-electron chi connectivity index (χ1n) is 9.06. The number of nitriles is 1. The lowest BCUT2D eigenvalue weighted by Crippen LogP contribution is -2.32. The van der Waals surface area contributed by atoms with E-state index in [1.54, 1.807) is 24.3 Å². The molecule has 1 N–H and O–H groups in total. The second-order valence-electron chi connectivity index (χ2n) is 6.77. The third-order valence-corrected chi connectivity index (χ3v) is 5.35. The molecule has 1 unspecified atom stereocenters. The van der Waals surface area contributed by atoms with E-state index in [1.807, 2.05) is 30.6 Å². The summed E-state index contributed by atoms with van der Waals surface area (Å²) in [6.07, 6.45) is 3.55. The highest BCUT2D eigenvalue weighted by molar-refractivity contribution is 6.34. The van der Waals surface area contributed by atoms with Crippen LogP contribution in [0.3, 0.4) is 0 Å². The van der Waals surface area contributed by atoms with Crippen LogP contribution in [0, 0.1) is 25.2 Å². The Morgan fingerprint density at radius 2 is 2.18 bits per heavy atom. The summed E-state index contributed by atoms with van der Waals surface area (Å²) in [6.45, 7) is 4.98. The zero-order chi connectivity index (χ0) is 20.3. The normalized spacial score (nSPS) is 16.8. The molecule has 1 aromatic carbocycles. The van der Waals surface area contributed by atoms with Gasteiger partial charge in [-0.25, -0.2) is 0 Å². The fraction of sp³-hybridized carbons (Fsp3) is 0.333. The number of ether oxygens (including phenoxy) is 1. The Balaban J connectivity index is 1.87. The number of rotatable bonds is 5. The standard InChI is InChI=1S/C21H21Cl2N3O2/c1-13-8-15(14(2)26(13)20-10-17(22)5-6-19(20)23)9-16(11-24)21(27)25-12-18-4-3-7-28-18/h5-6,8-10,18H,3-4,7,12H2,1-2H3,(H,25,27)/b16-9+. The van der Waals surface area contributed by atoms with Crippen molar-refractivity contribution in [1.29, 1.82) is 5.26 Å². The lowest BCUT2D eigenvalue weighted by molar-refractivity contribution is -0.117. The summed E-state index contributed by atoms with van der Waals surface area (Å²) in [5.74, 6) is -0.399. The third kappa shape index (κ3) is 4.41. The number of aryl methyl sites for hydroxylation is 1. The number of hydrogen-bond donors (Lipinski definition) is 1. The number of benzene rings is 1. The molecule has 0 radical (unpaired) electrons. The van der Waals surface area contributed by atoms with Gasteiger partial charge in [-0.3, -0.25) is 4.79 Å². The molecule has 0 saturated carbocycles. The Hall–Kier alpha value is -2.26. The van der Waals surface area contributed by atoms with Crippen molar-refractivity contribution in [3.63, 3.8) is 0 Å². The Morgan fingerprint density at radius 3 is 2.86 bits per heavy atom. The van der Waals surface area contributed by atoms with Crippen LogP contribution in [0.2, 0.25) is 10.0 Å². The van der Waals surface area contributed by atoms with Crippen molar-refractivity contribution in [3.8, 4) is 11.8 Å². The number of carbonyl (C=O) groups excluding carboxylic acids is 1. The van der Waals surface area contributed by atoms with Gasteiger partial charge in [0.2, 0.25) is 0 Å². The molecule has 0 aliphatic carbocycles. The minimum absolute atomic E-state index is 0.0268. The van der Waals surface area contributed by atoms with Crippen molar-refractivity contribution >= 4 is 35.2 Å². The molecular formula is C21H21Cl2N3O2. The van der Waals surface area contributed by atoms with Crippen molar-refractivity contribution in [1.82, 2.24) is 9.88 Å². The molecule has 0 spiro atoms. The Labute approximate surface area is 174 Å². The fourth-order valence-electron chi connectivity index (χ4n) is 3.37. The van der Waals surface area contributed by atoms with Crippen LogP contribution in [0.15, 0.2) is 29.8 Å². The first kappa shape index (κ1) is 20.5. The SMILES string of the molecule is Cc1cc(/C=C(\C#N)C(=O)NCC2CCCO2)c(C)n1-c1cc(Cl)ccc1Cl. The molecule has 28 heavy (non-hydrogen) atoms. The minimum Gasteiger partial charge on any atom is -0.376 e. The van der Waals surface area contributed by atoms with Crippen LogP contribution < -0.4 is 5.32 Å². The molecule has 146 valence electrons. The van der Waals surface area contributed by atoms with E-state index in [2.05, 4.69) is 5.32 Å². The van der Waals surface area contributed by atoms with E-state index in [1.165, 1.54) is 0 Å². The Kier molecular flexibility index (Phi) is 6.46. The van der Waals surface area contributed by atoms with Crippen LogP contribution in [-0.4, -0.2) is 29.7 Å². The van der Waals surface area contributed by atoms with Crippen LogP contribution in [0.25, 0.3) is 11.8 Å². The molecule has 7 heteroatoms. The molecule has 1 fully saturated rings. The summed E-state index contributed by atoms with van der Waals surface area (Å²) in [5.41, 5.74) is 3.37. The monoisotopic (exact) mass is 417 g/mol. The first-order chi connectivity index (χ1) is 13.4. The van der Waals surface area contributed by atoms with E-state index in [9.17, 15) is 10.1 Å². The van der Waals surface area contributed by atoms with E-state index in [-0.39, 0.29) is 11.7 Å². The number of halogens is 2. The van der Waals surface area contributed by atoms with Gasteiger partial charge in [0.25, 0.3) is 5.91 Å². The fourth-order valence-corrected chi connectivity index (χ4v) is 3.74. The molecule has 1 aliphatic rings. The molecule has 5 nitrogen and oxygen atoms in total. The van der Waals surface area contributed by atoms with Crippen LogP contribution >= 0.6 is 23.2 Å². The minimum atomic E-state index is -0.399. The first-order valence-corrected chi connectivity index (χ1v) is 9.82. The highest BCUT2D eigenvalue weighted by atomic mass is 35.5. The largest absolute Gasteiger partial charge is 0.376 e. The molecule has 1 saturated heterocycles. The number of carbonyl (C=O) groups is 1. The number of hydrogen-bond acceptors (Lipinski definition) is 3. The molecule has 2 heterocycles. The predicted molar refractivity (Wildman–Crippen MR) is 111 cm³/mol. The summed E-state index contributed by atoms with van der Waals surface area (Å²) in [6, 6.07) is 9.17. The lowest BCUT2D eigenvalue weighted by atomic mass is 10.1. The maximum Gasteiger partial charge on any atom is 0.262 e. The lowest BCUT2D eigenvalue weighted by Gasteiger charge is -2.12. The van der Waals surface area contributed by atoms with Crippen LogP contribution in [-0.2, 0) is 9.53 Å². The summed E-state index contributed by atoms with van der Waals surface area (Å²) < 4.78 is 7.46. The van der Waals surface area contributed by atoms with E-state index in [0.717, 1.165) is 42.1 Å². The highest BCUT2D eigenvalue weighted by Gasteiger charge is 2.19. The summed E-state index contributed by atoms with van der Waals surface area (Å²) in [7, 11) is 0. The second-order valence-corrected chi connectivity index (χ2v) is 7.62. The highest BCUT2D eigenvalue weighted by Crippen LogP contribution is 2.29. The zero-order valence-corrected chi connectivity index (χ0v) is 17.3. The molecule has 1 amide bonds. The third-order valence-electron chi connectivity index (χ3n) is 4.80. The predicted octanol–water partition coefficient (Wildman–Crippen LogP) is 4.60. The smallest absolute Gasteiger partial charge is 0.262 e. The summed E-state index contributed by atoms with van der Waals surface area (Å²) in [5, 5.41) is 13.4. The number of nitrogens with one attached hydrogen (secondary N) is 1. The van der Waals surface area contributed by atoms with Gasteiger partial charge in [0.05, 0.1) is 16.8 Å². The van der Waals surface area contributed by atoms with Gasteiger partial charge >= 0.3 is 0 Å². The second kappa shape index (κ2) is 8.83. The summed E-state index contributed by atoms with van der Waals surface area (Å²) in [4.78, 5) is 12.4. The molecule has 1 aromatic heterocycles. The van der Waals surface area contributed by atoms with Crippen LogP contribution in [0.5, 0.6) is 0 Å². The van der Waals surface area contributed by atoms with Gasteiger partial charge in [-0.05, 0) is 62.6 Å². The van der Waals surface area contributed by atoms with Gasteiger partial charge in [0, 0.05) is 29.6 Å². The van der Waals surface area contributed by atoms with Gasteiger partial charge in [-0.2, -0.15) is 5.26 Å². The van der Waals surface area contributed by atoms with E-state index >= 15 is 0 Å². The molecule has 1 aliphatic heterocycles. The van der Waals surface area contributed by atoms with Gasteiger partial charge in [0.15, 0.2) is 0 Å². The van der Waals surface area contributed by atoms with Crippen molar-refractivity contribution < 1.29 is 9.53 Å². The van der Waals surface area contributed by atoms with Gasteiger partial charge in [-0.1, -0.05) is 23.2 Å². The van der Waals surface area contributed by atoms with Crippen molar-refractivity contribution in [2.24, 2.45) is 0 Å². The van der Waals surface area contributed by atoms with Crippen molar-refractivity contribution in [3.05, 3.63) is 56.8 Å². The van der Waals surface area contributed by atoms with Crippen molar-refractivity contribution in [2.45, 2.75) is 32.8 Å². The maximum absolute atomic E-state index is 12.4. The topological polar surface area (TPSA) is 67.1 Å². The number of aromatic nitrogens is 1. The number of amides is 1. The maximum atomic E-state index is 12.4. The van der Waals surface area contributed by atoms with Gasteiger partial charge in [-0.15, -0.1) is 0 Å². The Morgan fingerprint density at radius 1 is 1.39 bits per heavy atom. The zero-order valence-electron chi connectivity index (χ0n) is 15.8. The van der Waals surface area contributed by atoms with Crippen LogP contribution in [0.1, 0.15) is 29.8 Å².